The van der Waals surface area contributed by atoms with Gasteiger partial charge in [-0.1, -0.05) is 22.7 Å². The second-order valence-electron chi connectivity index (χ2n) is 3.33. The SMILES string of the molecule is C=C(C=C=O)CCC=C(C)C.c1csnn1. The van der Waals surface area contributed by atoms with E-state index in [1.165, 1.54) is 23.2 Å². The zero-order valence-corrected chi connectivity index (χ0v) is 10.5. The van der Waals surface area contributed by atoms with E-state index in [0.29, 0.717) is 0 Å². The van der Waals surface area contributed by atoms with Gasteiger partial charge in [0.15, 0.2) is 0 Å². The van der Waals surface area contributed by atoms with E-state index >= 15 is 0 Å². The summed E-state index contributed by atoms with van der Waals surface area (Å²) in [5.74, 6) is 1.71. The summed E-state index contributed by atoms with van der Waals surface area (Å²) in [5, 5.41) is 5.31. The van der Waals surface area contributed by atoms with Crippen molar-refractivity contribution in [3.63, 3.8) is 0 Å². The first-order chi connectivity index (χ1) is 7.66. The molecule has 3 nitrogen and oxygen atoms in total. The van der Waals surface area contributed by atoms with Crippen LogP contribution >= 0.6 is 11.5 Å². The topological polar surface area (TPSA) is 42.9 Å². The summed E-state index contributed by atoms with van der Waals surface area (Å²) in [6.07, 6.45) is 6.98. The van der Waals surface area contributed by atoms with Crippen LogP contribution in [0.4, 0.5) is 0 Å². The van der Waals surface area contributed by atoms with E-state index in [2.05, 4.69) is 36.1 Å². The molecule has 0 atom stereocenters. The molecule has 1 heterocycles. The summed E-state index contributed by atoms with van der Waals surface area (Å²) in [4.78, 5) is 9.86. The maximum atomic E-state index is 9.86. The van der Waals surface area contributed by atoms with Gasteiger partial charge in [0, 0.05) is 11.5 Å². The summed E-state index contributed by atoms with van der Waals surface area (Å²) in [7, 11) is 0. The second-order valence-corrected chi connectivity index (χ2v) is 3.97. The van der Waals surface area contributed by atoms with Gasteiger partial charge in [-0.2, -0.15) is 0 Å². The molecular formula is C12H16N2OS. The van der Waals surface area contributed by atoms with Crippen LogP contribution in [0.5, 0.6) is 0 Å². The molecule has 0 saturated heterocycles. The van der Waals surface area contributed by atoms with Crippen LogP contribution in [0.3, 0.4) is 0 Å². The number of carbonyl (C=O) groups excluding carboxylic acids is 1. The smallest absolute Gasteiger partial charge is 0.124 e. The second kappa shape index (κ2) is 10.0. The fraction of sp³-hybridized carbons (Fsp3) is 0.333. The normalized spacial score (nSPS) is 8.12. The summed E-state index contributed by atoms with van der Waals surface area (Å²) in [5.41, 5.74) is 2.14. The number of allylic oxidation sites excluding steroid dienone is 4. The van der Waals surface area contributed by atoms with Gasteiger partial charge in [0.25, 0.3) is 0 Å². The zero-order chi connectivity index (χ0) is 12.2. The molecule has 0 aliphatic rings. The monoisotopic (exact) mass is 236 g/mol. The van der Waals surface area contributed by atoms with Crippen molar-refractivity contribution in [1.29, 1.82) is 0 Å². The molecule has 0 fully saturated rings. The van der Waals surface area contributed by atoms with Gasteiger partial charge in [0.1, 0.15) is 5.94 Å². The molecule has 0 amide bonds. The Labute approximate surface area is 100 Å². The quantitative estimate of drug-likeness (QED) is 0.458. The highest BCUT2D eigenvalue weighted by Crippen LogP contribution is 2.04. The molecule has 0 N–H and O–H groups in total. The lowest BCUT2D eigenvalue weighted by molar-refractivity contribution is 0.568. The Morgan fingerprint density at radius 1 is 1.56 bits per heavy atom. The van der Waals surface area contributed by atoms with E-state index in [0.717, 1.165) is 18.4 Å². The molecule has 0 saturated carbocycles. The number of hydrogen-bond acceptors (Lipinski definition) is 4. The number of rotatable bonds is 4. The van der Waals surface area contributed by atoms with Crippen LogP contribution in [0.1, 0.15) is 26.7 Å². The molecule has 0 bridgehead atoms. The third kappa shape index (κ3) is 10.6. The Hall–Kier alpha value is -1.51. The van der Waals surface area contributed by atoms with Crippen LogP contribution < -0.4 is 0 Å². The van der Waals surface area contributed by atoms with Crippen molar-refractivity contribution < 1.29 is 4.79 Å². The molecule has 0 radical (unpaired) electrons. The fourth-order valence-electron chi connectivity index (χ4n) is 0.838. The Balaban J connectivity index is 0.000000368. The summed E-state index contributed by atoms with van der Waals surface area (Å²) in [6, 6.07) is 0. The average molecular weight is 236 g/mol. The van der Waals surface area contributed by atoms with Gasteiger partial charge in [0.2, 0.25) is 0 Å². The molecular weight excluding hydrogens is 220 g/mol. The fourth-order valence-corrected chi connectivity index (χ4v) is 1.11. The Bertz CT molecular complexity index is 341. The van der Waals surface area contributed by atoms with Crippen LogP contribution in [-0.4, -0.2) is 15.5 Å². The predicted molar refractivity (Wildman–Crippen MR) is 68.0 cm³/mol. The van der Waals surface area contributed by atoms with E-state index < -0.39 is 0 Å². The van der Waals surface area contributed by atoms with Crippen LogP contribution in [0.25, 0.3) is 0 Å². The van der Waals surface area contributed by atoms with E-state index in [4.69, 9.17) is 0 Å². The van der Waals surface area contributed by atoms with E-state index in [1.807, 2.05) is 5.38 Å². The lowest BCUT2D eigenvalue weighted by atomic mass is 10.1. The maximum Gasteiger partial charge on any atom is 0.124 e. The van der Waals surface area contributed by atoms with E-state index in [9.17, 15) is 4.79 Å². The van der Waals surface area contributed by atoms with Gasteiger partial charge in [-0.15, -0.1) is 5.10 Å². The molecule has 16 heavy (non-hydrogen) atoms. The maximum absolute atomic E-state index is 9.86. The molecule has 86 valence electrons. The first kappa shape index (κ1) is 14.5. The summed E-state index contributed by atoms with van der Waals surface area (Å²) >= 11 is 1.35. The first-order valence-corrected chi connectivity index (χ1v) is 5.73. The van der Waals surface area contributed by atoms with Crippen LogP contribution in [0.2, 0.25) is 0 Å². The Kier molecular flexibility index (Phi) is 9.08. The highest BCUT2D eigenvalue weighted by molar-refractivity contribution is 7.03. The van der Waals surface area contributed by atoms with Crippen molar-refractivity contribution in [3.8, 4) is 0 Å². The van der Waals surface area contributed by atoms with Gasteiger partial charge in [-0.25, -0.2) is 4.79 Å². The van der Waals surface area contributed by atoms with E-state index in [-0.39, 0.29) is 0 Å². The highest BCUT2D eigenvalue weighted by Gasteiger charge is 1.86. The molecule has 0 spiro atoms. The van der Waals surface area contributed by atoms with Gasteiger partial charge >= 0.3 is 0 Å². The Morgan fingerprint density at radius 3 is 2.69 bits per heavy atom. The third-order valence-electron chi connectivity index (χ3n) is 1.56. The number of aromatic nitrogens is 2. The average Bonchev–Trinajstić information content (AvgIpc) is 2.75. The van der Waals surface area contributed by atoms with Crippen LogP contribution in [0, 0.1) is 0 Å². The molecule has 0 aliphatic heterocycles. The van der Waals surface area contributed by atoms with Crippen LogP contribution in [0.15, 0.2) is 41.5 Å². The predicted octanol–water partition coefficient (Wildman–Crippen LogP) is 3.21. The van der Waals surface area contributed by atoms with Gasteiger partial charge < -0.3 is 0 Å². The summed E-state index contributed by atoms with van der Waals surface area (Å²) < 4.78 is 3.51. The van der Waals surface area contributed by atoms with Crippen LogP contribution in [-0.2, 0) is 4.79 Å². The summed E-state index contributed by atoms with van der Waals surface area (Å²) in [6.45, 7) is 7.80. The molecule has 0 aliphatic carbocycles. The standard InChI is InChI=1S/C10H14O.C2H2N2S/c1-9(2)5-4-6-10(3)7-8-11;1-2-5-4-3-1/h5,7H,3-4,6H2,1-2H3;1-2H. The lowest BCUT2D eigenvalue weighted by Gasteiger charge is -1.93. The van der Waals surface area contributed by atoms with Crippen molar-refractivity contribution in [3.05, 3.63) is 41.5 Å². The minimum Gasteiger partial charge on any atom is -0.233 e. The first-order valence-electron chi connectivity index (χ1n) is 4.90. The van der Waals surface area contributed by atoms with E-state index in [1.54, 1.807) is 12.1 Å². The molecule has 1 aromatic heterocycles. The lowest BCUT2D eigenvalue weighted by Crippen LogP contribution is -1.75. The Morgan fingerprint density at radius 2 is 2.31 bits per heavy atom. The number of nitrogens with zero attached hydrogens (tertiary/aromatic N) is 2. The highest BCUT2D eigenvalue weighted by atomic mass is 32.1. The van der Waals surface area contributed by atoms with Crippen molar-refractivity contribution in [2.45, 2.75) is 26.7 Å². The molecule has 4 heteroatoms. The van der Waals surface area contributed by atoms with Crippen molar-refractivity contribution in [2.75, 3.05) is 0 Å². The van der Waals surface area contributed by atoms with Crippen molar-refractivity contribution >= 4 is 17.5 Å². The molecule has 1 aromatic rings. The molecule has 0 aromatic carbocycles. The molecule has 1 rings (SSSR count). The van der Waals surface area contributed by atoms with Crippen molar-refractivity contribution in [2.24, 2.45) is 0 Å². The van der Waals surface area contributed by atoms with Crippen molar-refractivity contribution in [1.82, 2.24) is 9.59 Å². The minimum atomic E-state index is 0.845. The largest absolute Gasteiger partial charge is 0.233 e. The molecule has 0 unspecified atom stereocenters. The van der Waals surface area contributed by atoms with Gasteiger partial charge in [-0.05, 0) is 43.8 Å². The van der Waals surface area contributed by atoms with Gasteiger partial charge in [0.05, 0.1) is 6.20 Å². The third-order valence-corrected chi connectivity index (χ3v) is 2.00. The van der Waals surface area contributed by atoms with Gasteiger partial charge in [-0.3, -0.25) is 0 Å². The minimum absolute atomic E-state index is 0.845. The zero-order valence-electron chi connectivity index (χ0n) is 9.64. The number of hydrogen-bond donors (Lipinski definition) is 0.